The summed E-state index contributed by atoms with van der Waals surface area (Å²) in [5.41, 5.74) is 1.78. The minimum Gasteiger partial charge on any atom is -0.482 e. The Morgan fingerprint density at radius 1 is 1.13 bits per heavy atom. The minimum atomic E-state index is -0.416. The number of rotatable bonds is 5. The number of ether oxygens (including phenoxy) is 1. The summed E-state index contributed by atoms with van der Waals surface area (Å²) in [6.45, 7) is 1.82. The van der Waals surface area contributed by atoms with E-state index in [2.05, 4.69) is 15.3 Å². The Bertz CT molecular complexity index is 1300. The maximum atomic E-state index is 13.1. The third-order valence-electron chi connectivity index (χ3n) is 4.86. The maximum absolute atomic E-state index is 13.1. The van der Waals surface area contributed by atoms with Crippen molar-refractivity contribution in [2.24, 2.45) is 0 Å². The van der Waals surface area contributed by atoms with Crippen molar-refractivity contribution in [1.29, 1.82) is 0 Å². The standard InChI is InChI=1S/C23H17N3O4S/c1-13(21(28)14-8-9-18-17(11-14)24-20(27)12-30-18)31-23-15-5-2-3-6-16(15)25-22(26-23)19-7-4-10-29-19/h2-11,13H,12H2,1H3,(H,24,27)/t13-/m1/s1. The van der Waals surface area contributed by atoms with Crippen LogP contribution in [-0.4, -0.2) is 33.5 Å². The molecule has 0 bridgehead atoms. The van der Waals surface area contributed by atoms with E-state index in [1.54, 1.807) is 36.6 Å². The van der Waals surface area contributed by atoms with E-state index in [0.29, 0.717) is 33.6 Å². The fourth-order valence-electron chi connectivity index (χ4n) is 3.35. The molecule has 0 saturated carbocycles. The number of aromatic nitrogens is 2. The van der Waals surface area contributed by atoms with Crippen molar-refractivity contribution in [3.05, 3.63) is 66.4 Å². The highest BCUT2D eigenvalue weighted by molar-refractivity contribution is 8.00. The van der Waals surface area contributed by atoms with Gasteiger partial charge in [0.2, 0.25) is 0 Å². The molecule has 7 nitrogen and oxygen atoms in total. The second-order valence-corrected chi connectivity index (χ2v) is 8.35. The molecule has 5 rings (SSSR count). The van der Waals surface area contributed by atoms with Crippen LogP contribution in [-0.2, 0) is 4.79 Å². The maximum Gasteiger partial charge on any atom is 0.262 e. The lowest BCUT2D eigenvalue weighted by atomic mass is 10.1. The first-order chi connectivity index (χ1) is 15.1. The number of carbonyl (C=O) groups is 2. The monoisotopic (exact) mass is 431 g/mol. The molecule has 2 aromatic heterocycles. The number of anilines is 1. The number of furan rings is 1. The predicted octanol–water partition coefficient (Wildman–Crippen LogP) is 4.58. The van der Waals surface area contributed by atoms with Crippen LogP contribution in [0.1, 0.15) is 17.3 Å². The van der Waals surface area contributed by atoms with Gasteiger partial charge in [0.25, 0.3) is 5.91 Å². The summed E-state index contributed by atoms with van der Waals surface area (Å²) in [6.07, 6.45) is 1.57. The topological polar surface area (TPSA) is 94.3 Å². The summed E-state index contributed by atoms with van der Waals surface area (Å²) in [4.78, 5) is 34.0. The number of ketones is 1. The van der Waals surface area contributed by atoms with Crippen LogP contribution >= 0.6 is 11.8 Å². The Kier molecular flexibility index (Phi) is 4.91. The van der Waals surface area contributed by atoms with E-state index in [1.165, 1.54) is 11.8 Å². The largest absolute Gasteiger partial charge is 0.482 e. The summed E-state index contributed by atoms with van der Waals surface area (Å²) in [7, 11) is 0. The molecule has 0 spiro atoms. The Balaban J connectivity index is 1.46. The number of nitrogens with one attached hydrogen (secondary N) is 1. The molecule has 31 heavy (non-hydrogen) atoms. The smallest absolute Gasteiger partial charge is 0.262 e. The summed E-state index contributed by atoms with van der Waals surface area (Å²) >= 11 is 1.36. The van der Waals surface area contributed by atoms with E-state index in [4.69, 9.17) is 9.15 Å². The average molecular weight is 431 g/mol. The second kappa shape index (κ2) is 7.88. The van der Waals surface area contributed by atoms with Gasteiger partial charge in [0.15, 0.2) is 24.0 Å². The fraction of sp³-hybridized carbons (Fsp3) is 0.130. The van der Waals surface area contributed by atoms with E-state index in [-0.39, 0.29) is 18.3 Å². The Labute approximate surface area is 181 Å². The Hall–Kier alpha value is -3.65. The van der Waals surface area contributed by atoms with Crippen molar-refractivity contribution in [2.75, 3.05) is 11.9 Å². The van der Waals surface area contributed by atoms with E-state index in [9.17, 15) is 9.59 Å². The van der Waals surface area contributed by atoms with Gasteiger partial charge in [-0.1, -0.05) is 30.0 Å². The minimum absolute atomic E-state index is 0.0225. The molecule has 0 aliphatic carbocycles. The number of carbonyl (C=O) groups excluding carboxylic acids is 2. The number of hydrogen-bond donors (Lipinski definition) is 1. The van der Waals surface area contributed by atoms with E-state index < -0.39 is 5.25 Å². The molecule has 0 saturated heterocycles. The lowest BCUT2D eigenvalue weighted by molar-refractivity contribution is -0.118. The van der Waals surface area contributed by atoms with Crippen LogP contribution in [0.5, 0.6) is 5.75 Å². The zero-order valence-corrected chi connectivity index (χ0v) is 17.3. The highest BCUT2D eigenvalue weighted by Gasteiger charge is 2.23. The van der Waals surface area contributed by atoms with Crippen LogP contribution < -0.4 is 10.1 Å². The molecule has 154 valence electrons. The van der Waals surface area contributed by atoms with Crippen LogP contribution in [0.25, 0.3) is 22.5 Å². The van der Waals surface area contributed by atoms with Gasteiger partial charge in [-0.15, -0.1) is 0 Å². The SMILES string of the molecule is C[C@@H](Sc1nc(-c2ccco2)nc2ccccc12)C(=O)c1ccc2c(c1)NC(=O)CO2. The first-order valence-electron chi connectivity index (χ1n) is 9.67. The van der Waals surface area contributed by atoms with E-state index >= 15 is 0 Å². The van der Waals surface area contributed by atoms with Gasteiger partial charge in [-0.05, 0) is 43.3 Å². The first kappa shape index (κ1) is 19.3. The second-order valence-electron chi connectivity index (χ2n) is 7.02. The molecule has 0 radical (unpaired) electrons. The third-order valence-corrected chi connectivity index (χ3v) is 5.97. The highest BCUT2D eigenvalue weighted by atomic mass is 32.2. The summed E-state index contributed by atoms with van der Waals surface area (Å²) in [5, 5.41) is 3.89. The summed E-state index contributed by atoms with van der Waals surface area (Å²) in [6, 6.07) is 16.3. The number of Topliss-reactive ketones (excluding diaryl/α,β-unsaturated/α-hetero) is 1. The molecule has 2 aromatic carbocycles. The first-order valence-corrected chi connectivity index (χ1v) is 10.5. The van der Waals surface area contributed by atoms with Crippen molar-refractivity contribution in [1.82, 2.24) is 9.97 Å². The van der Waals surface area contributed by atoms with Gasteiger partial charge in [0.05, 0.1) is 22.7 Å². The molecular formula is C23H17N3O4S. The van der Waals surface area contributed by atoms with Gasteiger partial charge in [-0.2, -0.15) is 0 Å². The summed E-state index contributed by atoms with van der Waals surface area (Å²) < 4.78 is 10.8. The van der Waals surface area contributed by atoms with Crippen LogP contribution in [0.2, 0.25) is 0 Å². The molecule has 1 aliphatic heterocycles. The molecule has 0 unspecified atom stereocenters. The van der Waals surface area contributed by atoms with Crippen molar-refractivity contribution >= 4 is 40.0 Å². The molecule has 1 N–H and O–H groups in total. The molecule has 1 amide bonds. The molecule has 1 atom stereocenters. The van der Waals surface area contributed by atoms with Crippen LogP contribution in [0.15, 0.2) is 70.3 Å². The molecule has 1 aliphatic rings. The van der Waals surface area contributed by atoms with E-state index in [1.807, 2.05) is 31.2 Å². The summed E-state index contributed by atoms with van der Waals surface area (Å²) in [5.74, 6) is 1.28. The van der Waals surface area contributed by atoms with Crippen LogP contribution in [0.4, 0.5) is 5.69 Å². The number of nitrogens with zero attached hydrogens (tertiary/aromatic N) is 2. The van der Waals surface area contributed by atoms with Gasteiger partial charge in [0, 0.05) is 10.9 Å². The Morgan fingerprint density at radius 2 is 2.00 bits per heavy atom. The van der Waals surface area contributed by atoms with Gasteiger partial charge < -0.3 is 14.5 Å². The molecule has 0 fully saturated rings. The van der Waals surface area contributed by atoms with E-state index in [0.717, 1.165) is 10.9 Å². The third kappa shape index (κ3) is 3.77. The highest BCUT2D eigenvalue weighted by Crippen LogP contribution is 2.34. The zero-order chi connectivity index (χ0) is 21.4. The average Bonchev–Trinajstić information content (AvgIpc) is 3.33. The number of hydrogen-bond acceptors (Lipinski definition) is 7. The van der Waals surface area contributed by atoms with Gasteiger partial charge >= 0.3 is 0 Å². The molecule has 8 heteroatoms. The number of para-hydroxylation sites is 1. The number of benzene rings is 2. The number of amides is 1. The van der Waals surface area contributed by atoms with Gasteiger partial charge in [-0.25, -0.2) is 9.97 Å². The quantitative estimate of drug-likeness (QED) is 0.281. The molecule has 4 aromatic rings. The number of thioether (sulfide) groups is 1. The van der Waals surface area contributed by atoms with Crippen molar-refractivity contribution in [3.63, 3.8) is 0 Å². The van der Waals surface area contributed by atoms with Crippen LogP contribution in [0, 0.1) is 0 Å². The van der Waals surface area contributed by atoms with Crippen molar-refractivity contribution in [2.45, 2.75) is 17.2 Å². The van der Waals surface area contributed by atoms with Gasteiger partial charge in [0.1, 0.15) is 10.8 Å². The Morgan fingerprint density at radius 3 is 2.84 bits per heavy atom. The van der Waals surface area contributed by atoms with Gasteiger partial charge in [-0.3, -0.25) is 9.59 Å². The molecule has 3 heterocycles. The fourth-order valence-corrected chi connectivity index (χ4v) is 4.36. The normalized spacial score (nSPS) is 13.9. The lowest BCUT2D eigenvalue weighted by Gasteiger charge is -2.19. The molecular weight excluding hydrogens is 414 g/mol. The van der Waals surface area contributed by atoms with Crippen molar-refractivity contribution < 1.29 is 18.7 Å². The van der Waals surface area contributed by atoms with Crippen molar-refractivity contribution in [3.8, 4) is 17.3 Å². The van der Waals surface area contributed by atoms with Crippen LogP contribution in [0.3, 0.4) is 0 Å². The number of fused-ring (bicyclic) bond motifs is 2. The predicted molar refractivity (Wildman–Crippen MR) is 117 cm³/mol. The zero-order valence-electron chi connectivity index (χ0n) is 16.5. The lowest BCUT2D eigenvalue weighted by Crippen LogP contribution is -2.25.